The first-order chi connectivity index (χ1) is 9.27. The zero-order valence-corrected chi connectivity index (χ0v) is 14.1. The number of rotatable bonds is 7. The molecular formula is C19H31N. The van der Waals surface area contributed by atoms with E-state index < -0.39 is 0 Å². The minimum Gasteiger partial charge on any atom is -0.316 e. The summed E-state index contributed by atoms with van der Waals surface area (Å²) in [5.41, 5.74) is 5.74. The van der Waals surface area contributed by atoms with Crippen molar-refractivity contribution in [2.24, 2.45) is 11.3 Å². The van der Waals surface area contributed by atoms with Crippen molar-refractivity contribution in [1.82, 2.24) is 5.32 Å². The third-order valence-corrected chi connectivity index (χ3v) is 4.00. The van der Waals surface area contributed by atoms with E-state index in [1.165, 1.54) is 22.3 Å². The monoisotopic (exact) mass is 273 g/mol. The lowest BCUT2D eigenvalue weighted by atomic mass is 9.80. The van der Waals surface area contributed by atoms with Gasteiger partial charge in [0.25, 0.3) is 0 Å². The van der Waals surface area contributed by atoms with Crippen molar-refractivity contribution >= 4 is 0 Å². The van der Waals surface area contributed by atoms with E-state index in [-0.39, 0.29) is 5.41 Å². The molecule has 1 unspecified atom stereocenters. The molecule has 0 aliphatic heterocycles. The Kier molecular flexibility index (Phi) is 6.01. The summed E-state index contributed by atoms with van der Waals surface area (Å²) in [5, 5.41) is 3.58. The standard InChI is InChI=1S/C19H31N/c1-8-19(7,13-20-12-14(2)3)11-18-16(5)9-15(4)10-17(18)6/h8-10,14,20H,1,11-13H2,2-7H3. The first-order valence-corrected chi connectivity index (χ1v) is 7.68. The summed E-state index contributed by atoms with van der Waals surface area (Å²) in [7, 11) is 0. The SMILES string of the molecule is C=CC(C)(CNCC(C)C)Cc1c(C)cc(C)cc1C. The van der Waals surface area contributed by atoms with E-state index in [9.17, 15) is 0 Å². The fraction of sp³-hybridized carbons (Fsp3) is 0.579. The highest BCUT2D eigenvalue weighted by atomic mass is 14.9. The Balaban J connectivity index is 2.84. The van der Waals surface area contributed by atoms with E-state index in [0.717, 1.165) is 19.5 Å². The van der Waals surface area contributed by atoms with E-state index in [4.69, 9.17) is 0 Å². The smallest absolute Gasteiger partial charge is 0.00431 e. The molecule has 0 aliphatic rings. The van der Waals surface area contributed by atoms with Gasteiger partial charge in [-0.1, -0.05) is 44.5 Å². The maximum atomic E-state index is 4.06. The van der Waals surface area contributed by atoms with Gasteiger partial charge in [-0.15, -0.1) is 6.58 Å². The lowest BCUT2D eigenvalue weighted by molar-refractivity contribution is 0.377. The van der Waals surface area contributed by atoms with Crippen molar-refractivity contribution in [3.8, 4) is 0 Å². The van der Waals surface area contributed by atoms with Gasteiger partial charge in [-0.25, -0.2) is 0 Å². The second-order valence-electron chi connectivity index (χ2n) is 6.94. The zero-order valence-electron chi connectivity index (χ0n) is 14.1. The van der Waals surface area contributed by atoms with E-state index >= 15 is 0 Å². The van der Waals surface area contributed by atoms with Gasteiger partial charge in [0, 0.05) is 12.0 Å². The first kappa shape index (κ1) is 17.0. The number of hydrogen-bond donors (Lipinski definition) is 1. The molecular weight excluding hydrogens is 242 g/mol. The van der Waals surface area contributed by atoms with E-state index in [1.807, 2.05) is 0 Å². The van der Waals surface area contributed by atoms with Crippen molar-refractivity contribution < 1.29 is 0 Å². The zero-order chi connectivity index (χ0) is 15.3. The molecule has 0 aliphatic carbocycles. The summed E-state index contributed by atoms with van der Waals surface area (Å²) in [4.78, 5) is 0. The Labute approximate surface area is 125 Å². The molecule has 1 N–H and O–H groups in total. The van der Waals surface area contributed by atoms with Crippen LogP contribution in [0.2, 0.25) is 0 Å². The van der Waals surface area contributed by atoms with Crippen LogP contribution in [0.25, 0.3) is 0 Å². The van der Waals surface area contributed by atoms with Crippen molar-refractivity contribution in [3.63, 3.8) is 0 Å². The van der Waals surface area contributed by atoms with Gasteiger partial charge in [0.1, 0.15) is 0 Å². The molecule has 0 heterocycles. The van der Waals surface area contributed by atoms with E-state index in [1.54, 1.807) is 0 Å². The molecule has 1 nitrogen and oxygen atoms in total. The lowest BCUT2D eigenvalue weighted by Crippen LogP contribution is -2.34. The van der Waals surface area contributed by atoms with Gasteiger partial charge in [0.2, 0.25) is 0 Å². The quantitative estimate of drug-likeness (QED) is 0.716. The van der Waals surface area contributed by atoms with Crippen LogP contribution in [0.4, 0.5) is 0 Å². The highest BCUT2D eigenvalue weighted by Crippen LogP contribution is 2.28. The van der Waals surface area contributed by atoms with Crippen molar-refractivity contribution in [2.45, 2.75) is 48.0 Å². The Morgan fingerprint density at radius 2 is 1.75 bits per heavy atom. The van der Waals surface area contributed by atoms with E-state index in [0.29, 0.717) is 5.92 Å². The molecule has 0 fully saturated rings. The molecule has 1 aromatic rings. The molecule has 112 valence electrons. The van der Waals surface area contributed by atoms with Crippen LogP contribution in [-0.2, 0) is 6.42 Å². The molecule has 1 heteroatoms. The molecule has 0 amide bonds. The van der Waals surface area contributed by atoms with Gasteiger partial charge in [-0.3, -0.25) is 0 Å². The number of hydrogen-bond acceptors (Lipinski definition) is 1. The average molecular weight is 273 g/mol. The minimum absolute atomic E-state index is 0.111. The highest BCUT2D eigenvalue weighted by molar-refractivity contribution is 5.38. The van der Waals surface area contributed by atoms with Crippen molar-refractivity contribution in [2.75, 3.05) is 13.1 Å². The van der Waals surface area contributed by atoms with Crippen LogP contribution in [0.1, 0.15) is 43.0 Å². The van der Waals surface area contributed by atoms with Gasteiger partial charge < -0.3 is 5.32 Å². The lowest BCUT2D eigenvalue weighted by Gasteiger charge is -2.28. The largest absolute Gasteiger partial charge is 0.316 e. The summed E-state index contributed by atoms with van der Waals surface area (Å²) < 4.78 is 0. The molecule has 0 spiro atoms. The van der Waals surface area contributed by atoms with Crippen LogP contribution < -0.4 is 5.32 Å². The summed E-state index contributed by atoms with van der Waals surface area (Å²) in [6, 6.07) is 4.57. The molecule has 1 aromatic carbocycles. The normalized spacial score (nSPS) is 14.3. The van der Waals surface area contributed by atoms with Crippen LogP contribution >= 0.6 is 0 Å². The topological polar surface area (TPSA) is 12.0 Å². The summed E-state index contributed by atoms with van der Waals surface area (Å²) in [6.07, 6.45) is 3.17. The van der Waals surface area contributed by atoms with Gasteiger partial charge in [0.15, 0.2) is 0 Å². The summed E-state index contributed by atoms with van der Waals surface area (Å²) >= 11 is 0. The molecule has 20 heavy (non-hydrogen) atoms. The number of benzene rings is 1. The fourth-order valence-corrected chi connectivity index (χ4v) is 2.75. The van der Waals surface area contributed by atoms with Crippen molar-refractivity contribution in [3.05, 3.63) is 47.0 Å². The minimum atomic E-state index is 0.111. The Bertz CT molecular complexity index is 436. The molecule has 0 saturated heterocycles. The van der Waals surface area contributed by atoms with Crippen LogP contribution in [0.5, 0.6) is 0 Å². The maximum Gasteiger partial charge on any atom is 0.00431 e. The van der Waals surface area contributed by atoms with Gasteiger partial charge >= 0.3 is 0 Å². The number of aryl methyl sites for hydroxylation is 3. The summed E-state index contributed by atoms with van der Waals surface area (Å²) in [5.74, 6) is 0.687. The second-order valence-corrected chi connectivity index (χ2v) is 6.94. The van der Waals surface area contributed by atoms with Crippen LogP contribution in [0, 0.1) is 32.1 Å². The third kappa shape index (κ3) is 4.79. The molecule has 0 aromatic heterocycles. The molecule has 1 atom stereocenters. The molecule has 0 radical (unpaired) electrons. The summed E-state index contributed by atoms with van der Waals surface area (Å²) in [6.45, 7) is 19.5. The van der Waals surface area contributed by atoms with Gasteiger partial charge in [-0.2, -0.15) is 0 Å². The third-order valence-electron chi connectivity index (χ3n) is 4.00. The van der Waals surface area contributed by atoms with Gasteiger partial charge in [-0.05, 0) is 56.3 Å². The van der Waals surface area contributed by atoms with Crippen molar-refractivity contribution in [1.29, 1.82) is 0 Å². The Morgan fingerprint density at radius 1 is 1.20 bits per heavy atom. The van der Waals surface area contributed by atoms with E-state index in [2.05, 4.69) is 71.6 Å². The maximum absolute atomic E-state index is 4.06. The van der Waals surface area contributed by atoms with Crippen LogP contribution in [-0.4, -0.2) is 13.1 Å². The van der Waals surface area contributed by atoms with Crippen LogP contribution in [0.3, 0.4) is 0 Å². The average Bonchev–Trinajstić information content (AvgIpc) is 2.33. The highest BCUT2D eigenvalue weighted by Gasteiger charge is 2.22. The number of nitrogens with one attached hydrogen (secondary N) is 1. The molecule has 0 saturated carbocycles. The Morgan fingerprint density at radius 3 is 2.20 bits per heavy atom. The predicted octanol–water partition coefficient (Wildman–Crippen LogP) is 4.59. The second kappa shape index (κ2) is 7.08. The fourth-order valence-electron chi connectivity index (χ4n) is 2.75. The molecule has 0 bridgehead atoms. The Hall–Kier alpha value is -1.08. The predicted molar refractivity (Wildman–Crippen MR) is 90.4 cm³/mol. The molecule has 1 rings (SSSR count). The van der Waals surface area contributed by atoms with Crippen LogP contribution in [0.15, 0.2) is 24.8 Å². The van der Waals surface area contributed by atoms with Gasteiger partial charge in [0.05, 0.1) is 0 Å². The first-order valence-electron chi connectivity index (χ1n) is 7.68.